The van der Waals surface area contributed by atoms with Crippen LogP contribution in [-0.4, -0.2) is 29.1 Å². The van der Waals surface area contributed by atoms with Gasteiger partial charge in [-0.25, -0.2) is 14.5 Å². The first-order valence-corrected chi connectivity index (χ1v) is 9.12. The molecule has 0 saturated heterocycles. The van der Waals surface area contributed by atoms with Gasteiger partial charge < -0.3 is 4.57 Å². The highest BCUT2D eigenvalue weighted by atomic mass is 15.3. The lowest BCUT2D eigenvalue weighted by Gasteiger charge is -2.22. The van der Waals surface area contributed by atoms with E-state index >= 15 is 0 Å². The Morgan fingerprint density at radius 1 is 1.04 bits per heavy atom. The third-order valence-corrected chi connectivity index (χ3v) is 4.91. The molecule has 3 aromatic heterocycles. The summed E-state index contributed by atoms with van der Waals surface area (Å²) < 4.78 is 3.98. The molecule has 0 saturated carbocycles. The number of rotatable bonds is 4. The molecule has 3 heterocycles. The molecule has 0 aliphatic rings. The molecule has 138 valence electrons. The first-order chi connectivity index (χ1) is 12.8. The van der Waals surface area contributed by atoms with Gasteiger partial charge in [0.25, 0.3) is 0 Å². The predicted molar refractivity (Wildman–Crippen MR) is 106 cm³/mol. The standard InChI is InChI=1S/C21H24N6/c1-14-12-22-15(2)19-24-18(25-27(14)19)11-21(3,4)20-23-17(13-26(20)5)16-9-7-6-8-10-16/h6-10,12-13H,11H2,1-5H3. The van der Waals surface area contributed by atoms with E-state index in [0.29, 0.717) is 6.42 Å². The molecule has 4 rings (SSSR count). The molecule has 4 aromatic rings. The van der Waals surface area contributed by atoms with E-state index in [2.05, 4.69) is 41.7 Å². The Kier molecular flexibility index (Phi) is 4.06. The van der Waals surface area contributed by atoms with E-state index in [0.717, 1.165) is 39.9 Å². The van der Waals surface area contributed by atoms with Crippen LogP contribution in [0.2, 0.25) is 0 Å². The van der Waals surface area contributed by atoms with Gasteiger partial charge in [-0.2, -0.15) is 5.10 Å². The van der Waals surface area contributed by atoms with Crippen LogP contribution in [0.3, 0.4) is 0 Å². The third-order valence-electron chi connectivity index (χ3n) is 4.91. The van der Waals surface area contributed by atoms with Crippen molar-refractivity contribution in [3.05, 3.63) is 65.8 Å². The molecule has 0 N–H and O–H groups in total. The van der Waals surface area contributed by atoms with Gasteiger partial charge in [-0.15, -0.1) is 0 Å². The van der Waals surface area contributed by atoms with E-state index in [-0.39, 0.29) is 5.41 Å². The van der Waals surface area contributed by atoms with Crippen molar-refractivity contribution in [3.8, 4) is 11.3 Å². The number of aryl methyl sites for hydroxylation is 3. The molecule has 0 bridgehead atoms. The summed E-state index contributed by atoms with van der Waals surface area (Å²) in [6.45, 7) is 8.33. The Bertz CT molecular complexity index is 1070. The van der Waals surface area contributed by atoms with Crippen molar-refractivity contribution in [1.82, 2.24) is 29.1 Å². The fraction of sp³-hybridized carbons (Fsp3) is 0.333. The first-order valence-electron chi connectivity index (χ1n) is 9.12. The topological polar surface area (TPSA) is 60.9 Å². The number of fused-ring (bicyclic) bond motifs is 1. The Morgan fingerprint density at radius 3 is 2.48 bits per heavy atom. The van der Waals surface area contributed by atoms with Crippen LogP contribution in [0.4, 0.5) is 0 Å². The Hall–Kier alpha value is -3.02. The lowest BCUT2D eigenvalue weighted by atomic mass is 9.88. The molecule has 0 aliphatic heterocycles. The van der Waals surface area contributed by atoms with Crippen molar-refractivity contribution < 1.29 is 0 Å². The van der Waals surface area contributed by atoms with Crippen molar-refractivity contribution in [2.75, 3.05) is 0 Å². The molecule has 6 nitrogen and oxygen atoms in total. The predicted octanol–water partition coefficient (Wildman–Crippen LogP) is 3.66. The van der Waals surface area contributed by atoms with Gasteiger partial charge in [0.2, 0.25) is 0 Å². The summed E-state index contributed by atoms with van der Waals surface area (Å²) in [7, 11) is 2.05. The van der Waals surface area contributed by atoms with Crippen molar-refractivity contribution in [1.29, 1.82) is 0 Å². The average molecular weight is 360 g/mol. The molecule has 0 fully saturated rings. The molecule has 0 spiro atoms. The van der Waals surface area contributed by atoms with Crippen LogP contribution >= 0.6 is 0 Å². The van der Waals surface area contributed by atoms with E-state index in [1.165, 1.54) is 0 Å². The zero-order valence-corrected chi connectivity index (χ0v) is 16.4. The first kappa shape index (κ1) is 17.4. The second kappa shape index (κ2) is 6.30. The van der Waals surface area contributed by atoms with Gasteiger partial charge in [0.1, 0.15) is 5.82 Å². The maximum atomic E-state index is 4.93. The zero-order valence-electron chi connectivity index (χ0n) is 16.4. The fourth-order valence-electron chi connectivity index (χ4n) is 3.53. The van der Waals surface area contributed by atoms with Gasteiger partial charge in [-0.05, 0) is 13.8 Å². The van der Waals surface area contributed by atoms with Crippen LogP contribution in [0.25, 0.3) is 16.9 Å². The minimum Gasteiger partial charge on any atom is -0.337 e. The zero-order chi connectivity index (χ0) is 19.2. The SMILES string of the molecule is Cc1ncc(C)n2nc(CC(C)(C)c3nc(-c4ccccc4)cn3C)nc12. The van der Waals surface area contributed by atoms with E-state index < -0.39 is 0 Å². The van der Waals surface area contributed by atoms with Crippen LogP contribution in [0, 0.1) is 13.8 Å². The molecular formula is C21H24N6. The van der Waals surface area contributed by atoms with E-state index in [4.69, 9.17) is 15.1 Å². The van der Waals surface area contributed by atoms with E-state index in [1.54, 1.807) is 0 Å². The molecule has 0 amide bonds. The molecule has 0 aliphatic carbocycles. The van der Waals surface area contributed by atoms with Gasteiger partial charge >= 0.3 is 0 Å². The highest BCUT2D eigenvalue weighted by molar-refractivity contribution is 5.58. The largest absolute Gasteiger partial charge is 0.337 e. The van der Waals surface area contributed by atoms with Gasteiger partial charge in [0.15, 0.2) is 11.5 Å². The molecule has 27 heavy (non-hydrogen) atoms. The minimum atomic E-state index is -0.206. The normalized spacial score (nSPS) is 12.0. The number of aromatic nitrogens is 6. The smallest absolute Gasteiger partial charge is 0.177 e. The molecule has 0 radical (unpaired) electrons. The number of hydrogen-bond acceptors (Lipinski definition) is 4. The summed E-state index contributed by atoms with van der Waals surface area (Å²) in [6, 6.07) is 10.3. The van der Waals surface area contributed by atoms with Crippen LogP contribution in [-0.2, 0) is 18.9 Å². The lowest BCUT2D eigenvalue weighted by molar-refractivity contribution is 0.459. The summed E-state index contributed by atoms with van der Waals surface area (Å²) in [4.78, 5) is 14.0. The van der Waals surface area contributed by atoms with Crippen LogP contribution in [0.15, 0.2) is 42.7 Å². The number of benzene rings is 1. The van der Waals surface area contributed by atoms with Crippen molar-refractivity contribution in [2.24, 2.45) is 7.05 Å². The molecule has 0 unspecified atom stereocenters. The molecule has 6 heteroatoms. The highest BCUT2D eigenvalue weighted by Gasteiger charge is 2.29. The second-order valence-corrected chi connectivity index (χ2v) is 7.74. The molecule has 1 aromatic carbocycles. The number of hydrogen-bond donors (Lipinski definition) is 0. The van der Waals surface area contributed by atoms with Crippen molar-refractivity contribution in [2.45, 2.75) is 39.5 Å². The van der Waals surface area contributed by atoms with Crippen molar-refractivity contribution >= 4 is 5.65 Å². The number of imidazole rings is 1. The lowest BCUT2D eigenvalue weighted by Crippen LogP contribution is -2.25. The fourth-order valence-corrected chi connectivity index (χ4v) is 3.53. The Morgan fingerprint density at radius 2 is 1.78 bits per heavy atom. The summed E-state index contributed by atoms with van der Waals surface area (Å²) in [5.41, 5.74) is 4.60. The highest BCUT2D eigenvalue weighted by Crippen LogP contribution is 2.29. The van der Waals surface area contributed by atoms with Crippen LogP contribution < -0.4 is 0 Å². The van der Waals surface area contributed by atoms with Gasteiger partial charge in [-0.1, -0.05) is 44.2 Å². The maximum absolute atomic E-state index is 4.93. The Labute approximate surface area is 158 Å². The summed E-state index contributed by atoms with van der Waals surface area (Å²) >= 11 is 0. The summed E-state index contributed by atoms with van der Waals surface area (Å²) in [5, 5.41) is 4.71. The van der Waals surface area contributed by atoms with Gasteiger partial charge in [0.05, 0.1) is 17.1 Å². The second-order valence-electron chi connectivity index (χ2n) is 7.74. The van der Waals surface area contributed by atoms with Crippen LogP contribution in [0.5, 0.6) is 0 Å². The molecule has 0 atom stereocenters. The van der Waals surface area contributed by atoms with Crippen molar-refractivity contribution in [3.63, 3.8) is 0 Å². The quantitative estimate of drug-likeness (QED) is 0.557. The minimum absolute atomic E-state index is 0.206. The monoisotopic (exact) mass is 360 g/mol. The molecular weight excluding hydrogens is 336 g/mol. The van der Waals surface area contributed by atoms with E-state index in [9.17, 15) is 0 Å². The average Bonchev–Trinajstić information content (AvgIpc) is 3.23. The summed E-state index contributed by atoms with van der Waals surface area (Å²) in [6.07, 6.45) is 4.62. The third kappa shape index (κ3) is 3.12. The number of nitrogens with zero attached hydrogens (tertiary/aromatic N) is 6. The van der Waals surface area contributed by atoms with Gasteiger partial charge in [0, 0.05) is 36.8 Å². The summed E-state index contributed by atoms with van der Waals surface area (Å²) in [5.74, 6) is 1.83. The van der Waals surface area contributed by atoms with Crippen LogP contribution in [0.1, 0.15) is 36.9 Å². The Balaban J connectivity index is 1.69. The maximum Gasteiger partial charge on any atom is 0.177 e. The van der Waals surface area contributed by atoms with Gasteiger partial charge in [-0.3, -0.25) is 4.98 Å². The van der Waals surface area contributed by atoms with E-state index in [1.807, 2.05) is 49.8 Å².